The van der Waals surface area contributed by atoms with Crippen LogP contribution in [0.5, 0.6) is 17.2 Å². The minimum atomic E-state index is -0.247. The van der Waals surface area contributed by atoms with Gasteiger partial charge in [-0.2, -0.15) is 0 Å². The SMILES string of the molecule is C=CC(=O)NCc1ccc(Oc2ccc(OC)cc2)c2nc(C)oc12. The molecule has 0 saturated carbocycles. The number of carbonyl (C=O) groups excluding carboxylic acids is 1. The Kier molecular flexibility index (Phi) is 4.70. The summed E-state index contributed by atoms with van der Waals surface area (Å²) in [7, 11) is 1.61. The Balaban J connectivity index is 1.91. The summed E-state index contributed by atoms with van der Waals surface area (Å²) < 4.78 is 16.8. The van der Waals surface area contributed by atoms with Gasteiger partial charge in [0.15, 0.2) is 22.7 Å². The normalized spacial score (nSPS) is 10.5. The fourth-order valence-electron chi connectivity index (χ4n) is 2.39. The highest BCUT2D eigenvalue weighted by Gasteiger charge is 2.14. The van der Waals surface area contributed by atoms with E-state index in [1.54, 1.807) is 14.0 Å². The second-order valence-electron chi connectivity index (χ2n) is 5.33. The summed E-state index contributed by atoms with van der Waals surface area (Å²) >= 11 is 0. The van der Waals surface area contributed by atoms with Gasteiger partial charge in [-0.05, 0) is 42.5 Å². The lowest BCUT2D eigenvalue weighted by molar-refractivity contribution is -0.116. The number of fused-ring (bicyclic) bond motifs is 1. The van der Waals surface area contributed by atoms with Gasteiger partial charge in [0.05, 0.1) is 7.11 Å². The summed E-state index contributed by atoms with van der Waals surface area (Å²) in [6.07, 6.45) is 1.23. The van der Waals surface area contributed by atoms with Crippen molar-refractivity contribution in [2.75, 3.05) is 7.11 Å². The van der Waals surface area contributed by atoms with Gasteiger partial charge in [0.25, 0.3) is 0 Å². The van der Waals surface area contributed by atoms with E-state index in [-0.39, 0.29) is 5.91 Å². The highest BCUT2D eigenvalue weighted by molar-refractivity contribution is 5.88. The molecule has 0 atom stereocenters. The van der Waals surface area contributed by atoms with E-state index >= 15 is 0 Å². The predicted octanol–water partition coefficient (Wildman–Crippen LogP) is 3.74. The molecule has 0 aliphatic carbocycles. The van der Waals surface area contributed by atoms with Gasteiger partial charge >= 0.3 is 0 Å². The third-order valence-corrected chi connectivity index (χ3v) is 3.62. The molecule has 1 aromatic heterocycles. The topological polar surface area (TPSA) is 73.6 Å². The van der Waals surface area contributed by atoms with Crippen LogP contribution in [0.15, 0.2) is 53.5 Å². The van der Waals surface area contributed by atoms with E-state index in [2.05, 4.69) is 16.9 Å². The maximum atomic E-state index is 11.4. The number of hydrogen-bond donors (Lipinski definition) is 1. The van der Waals surface area contributed by atoms with E-state index in [4.69, 9.17) is 13.9 Å². The summed E-state index contributed by atoms with van der Waals surface area (Å²) in [5.74, 6) is 2.27. The van der Waals surface area contributed by atoms with Crippen LogP contribution in [-0.2, 0) is 11.3 Å². The molecule has 0 radical (unpaired) electrons. The van der Waals surface area contributed by atoms with Crippen molar-refractivity contribution < 1.29 is 18.7 Å². The van der Waals surface area contributed by atoms with E-state index in [1.807, 2.05) is 36.4 Å². The Morgan fingerprint density at radius 1 is 1.24 bits per heavy atom. The van der Waals surface area contributed by atoms with E-state index in [1.165, 1.54) is 6.08 Å². The van der Waals surface area contributed by atoms with Gasteiger partial charge in [-0.15, -0.1) is 0 Å². The molecular weight excluding hydrogens is 320 g/mol. The lowest BCUT2D eigenvalue weighted by Gasteiger charge is -2.09. The Bertz CT molecular complexity index is 913. The van der Waals surface area contributed by atoms with Gasteiger partial charge in [-0.25, -0.2) is 4.98 Å². The molecule has 1 amide bonds. The number of aryl methyl sites for hydroxylation is 1. The first kappa shape index (κ1) is 16.6. The molecule has 0 aliphatic heterocycles. The number of aromatic nitrogens is 1. The largest absolute Gasteiger partial charge is 0.497 e. The maximum absolute atomic E-state index is 11.4. The lowest BCUT2D eigenvalue weighted by Crippen LogP contribution is -2.19. The molecule has 3 rings (SSSR count). The van der Waals surface area contributed by atoms with Gasteiger partial charge in [-0.3, -0.25) is 4.79 Å². The summed E-state index contributed by atoms with van der Waals surface area (Å²) in [6, 6.07) is 10.9. The Labute approximate surface area is 145 Å². The Morgan fingerprint density at radius 2 is 1.96 bits per heavy atom. The number of nitrogens with one attached hydrogen (secondary N) is 1. The molecule has 1 heterocycles. The molecule has 0 fully saturated rings. The second kappa shape index (κ2) is 7.09. The number of ether oxygens (including phenoxy) is 2. The molecule has 1 N–H and O–H groups in total. The van der Waals surface area contributed by atoms with Crippen LogP contribution in [0.25, 0.3) is 11.1 Å². The number of oxazole rings is 1. The van der Waals surface area contributed by atoms with Gasteiger partial charge in [0.2, 0.25) is 5.91 Å². The number of benzene rings is 2. The minimum Gasteiger partial charge on any atom is -0.497 e. The molecule has 2 aromatic carbocycles. The summed E-state index contributed by atoms with van der Waals surface area (Å²) in [6.45, 7) is 5.52. The van der Waals surface area contributed by atoms with Gasteiger partial charge in [-0.1, -0.05) is 6.58 Å². The zero-order valence-electron chi connectivity index (χ0n) is 14.0. The highest BCUT2D eigenvalue weighted by atomic mass is 16.5. The molecule has 0 spiro atoms. The van der Waals surface area contributed by atoms with Crippen molar-refractivity contribution in [2.45, 2.75) is 13.5 Å². The minimum absolute atomic E-state index is 0.247. The zero-order chi connectivity index (χ0) is 17.8. The zero-order valence-corrected chi connectivity index (χ0v) is 14.0. The molecular formula is C19H18N2O4. The molecule has 3 aromatic rings. The monoisotopic (exact) mass is 338 g/mol. The van der Waals surface area contributed by atoms with Gasteiger partial charge in [0, 0.05) is 19.0 Å². The van der Waals surface area contributed by atoms with Crippen LogP contribution in [0.2, 0.25) is 0 Å². The fourth-order valence-corrected chi connectivity index (χ4v) is 2.39. The third-order valence-electron chi connectivity index (χ3n) is 3.62. The third kappa shape index (κ3) is 3.63. The Hall–Kier alpha value is -3.28. The predicted molar refractivity (Wildman–Crippen MR) is 93.9 cm³/mol. The van der Waals surface area contributed by atoms with Crippen LogP contribution in [0, 0.1) is 6.92 Å². The quantitative estimate of drug-likeness (QED) is 0.693. The molecule has 0 aliphatic rings. The number of carbonyl (C=O) groups is 1. The van der Waals surface area contributed by atoms with Gasteiger partial charge < -0.3 is 19.2 Å². The maximum Gasteiger partial charge on any atom is 0.243 e. The van der Waals surface area contributed by atoms with Gasteiger partial charge in [0.1, 0.15) is 11.5 Å². The molecule has 0 unspecified atom stereocenters. The fraction of sp³-hybridized carbons (Fsp3) is 0.158. The number of nitrogens with zero attached hydrogens (tertiary/aromatic N) is 1. The molecule has 0 saturated heterocycles. The molecule has 128 valence electrons. The van der Waals surface area contributed by atoms with Crippen molar-refractivity contribution in [3.8, 4) is 17.2 Å². The summed E-state index contributed by atoms with van der Waals surface area (Å²) in [5, 5.41) is 2.73. The number of hydrogen-bond acceptors (Lipinski definition) is 5. The van der Waals surface area contributed by atoms with Crippen molar-refractivity contribution in [1.29, 1.82) is 0 Å². The molecule has 25 heavy (non-hydrogen) atoms. The van der Waals surface area contributed by atoms with Crippen molar-refractivity contribution in [2.24, 2.45) is 0 Å². The van der Waals surface area contributed by atoms with Crippen LogP contribution in [0.4, 0.5) is 0 Å². The molecule has 6 nitrogen and oxygen atoms in total. The first-order valence-electron chi connectivity index (χ1n) is 7.72. The van der Waals surface area contributed by atoms with Crippen molar-refractivity contribution in [3.63, 3.8) is 0 Å². The van der Waals surface area contributed by atoms with E-state index < -0.39 is 0 Å². The lowest BCUT2D eigenvalue weighted by atomic mass is 10.2. The first-order valence-corrected chi connectivity index (χ1v) is 7.72. The van der Waals surface area contributed by atoms with E-state index in [0.29, 0.717) is 35.0 Å². The first-order chi connectivity index (χ1) is 12.1. The second-order valence-corrected chi connectivity index (χ2v) is 5.33. The molecule has 6 heteroatoms. The number of methoxy groups -OCH3 is 1. The van der Waals surface area contributed by atoms with Crippen LogP contribution >= 0.6 is 0 Å². The van der Waals surface area contributed by atoms with Crippen LogP contribution in [0.1, 0.15) is 11.5 Å². The summed E-state index contributed by atoms with van der Waals surface area (Å²) in [5.41, 5.74) is 2.01. The number of amides is 1. The smallest absolute Gasteiger partial charge is 0.243 e. The van der Waals surface area contributed by atoms with Crippen molar-refractivity contribution in [1.82, 2.24) is 10.3 Å². The van der Waals surface area contributed by atoms with E-state index in [0.717, 1.165) is 11.3 Å². The molecule has 0 bridgehead atoms. The number of rotatable bonds is 6. The van der Waals surface area contributed by atoms with Crippen molar-refractivity contribution in [3.05, 3.63) is 60.5 Å². The van der Waals surface area contributed by atoms with Crippen molar-refractivity contribution >= 4 is 17.0 Å². The van der Waals surface area contributed by atoms with Crippen LogP contribution < -0.4 is 14.8 Å². The summed E-state index contributed by atoms with van der Waals surface area (Å²) in [4.78, 5) is 15.8. The van der Waals surface area contributed by atoms with E-state index in [9.17, 15) is 4.79 Å². The van der Waals surface area contributed by atoms with Crippen LogP contribution in [-0.4, -0.2) is 18.0 Å². The Morgan fingerprint density at radius 3 is 2.64 bits per heavy atom. The average molecular weight is 338 g/mol. The highest BCUT2D eigenvalue weighted by Crippen LogP contribution is 2.32. The van der Waals surface area contributed by atoms with Crippen LogP contribution in [0.3, 0.4) is 0 Å². The average Bonchev–Trinajstić information content (AvgIpc) is 3.03. The standard InChI is InChI=1S/C19H18N2O4/c1-4-17(22)20-11-13-5-10-16(18-19(13)24-12(2)21-18)25-15-8-6-14(23-3)7-9-15/h4-10H,1,11H2,2-3H3,(H,20,22).